The minimum atomic E-state index is -0.426. The topological polar surface area (TPSA) is 69.7 Å². The van der Waals surface area contributed by atoms with E-state index >= 15 is 0 Å². The maximum absolute atomic E-state index is 13.3. The molecule has 0 aromatic heterocycles. The molecule has 35 heavy (non-hydrogen) atoms. The Hall–Kier alpha value is -2.43. The molecule has 0 aliphatic heterocycles. The molecule has 4 aliphatic carbocycles. The van der Waals surface area contributed by atoms with E-state index in [1.54, 1.807) is 24.3 Å². The molecule has 0 radical (unpaired) electrons. The van der Waals surface area contributed by atoms with E-state index in [4.69, 9.17) is 9.47 Å². The van der Waals surface area contributed by atoms with Crippen molar-refractivity contribution in [1.82, 2.24) is 0 Å². The highest BCUT2D eigenvalue weighted by Gasteiger charge is 2.59. The van der Waals surface area contributed by atoms with Gasteiger partial charge in [0.05, 0.1) is 5.56 Å². The van der Waals surface area contributed by atoms with Crippen molar-refractivity contribution in [2.45, 2.75) is 78.2 Å². The first kappa shape index (κ1) is 24.3. The Balaban J connectivity index is 1.27. The molecule has 1 unspecified atom stereocenters. The molecule has 3 fully saturated rings. The fraction of sp³-hybridized carbons (Fsp3) is 0.633. The van der Waals surface area contributed by atoms with Gasteiger partial charge < -0.3 is 9.47 Å². The summed E-state index contributed by atoms with van der Waals surface area (Å²) in [5.41, 5.74) is 2.12. The molecule has 3 saturated carbocycles. The number of allylic oxidation sites excluding steroid dienone is 1. The highest BCUT2D eigenvalue weighted by Crippen LogP contribution is 2.66. The van der Waals surface area contributed by atoms with Gasteiger partial charge >= 0.3 is 11.9 Å². The van der Waals surface area contributed by atoms with Crippen molar-refractivity contribution < 1.29 is 23.9 Å². The summed E-state index contributed by atoms with van der Waals surface area (Å²) in [5.74, 6) is 1.19. The Labute approximate surface area is 208 Å². The largest absolute Gasteiger partial charge is 0.462 e. The van der Waals surface area contributed by atoms with E-state index in [0.29, 0.717) is 23.3 Å². The van der Waals surface area contributed by atoms with Crippen molar-refractivity contribution in [3.8, 4) is 0 Å². The van der Waals surface area contributed by atoms with Crippen molar-refractivity contribution in [1.29, 1.82) is 0 Å². The number of ether oxygens (including phenoxy) is 2. The van der Waals surface area contributed by atoms with Gasteiger partial charge in [-0.05, 0) is 85.7 Å². The number of carbonyl (C=O) groups is 3. The van der Waals surface area contributed by atoms with Crippen LogP contribution < -0.4 is 0 Å². The molecule has 0 bridgehead atoms. The molecule has 0 amide bonds. The normalized spacial score (nSPS) is 37.8. The Morgan fingerprint density at radius 2 is 1.74 bits per heavy atom. The summed E-state index contributed by atoms with van der Waals surface area (Å²) in [6.45, 7) is 6.13. The van der Waals surface area contributed by atoms with Crippen LogP contribution in [-0.4, -0.2) is 30.4 Å². The smallest absolute Gasteiger partial charge is 0.338 e. The number of esters is 2. The Morgan fingerprint density at radius 3 is 2.49 bits per heavy atom. The van der Waals surface area contributed by atoms with Crippen LogP contribution in [0.3, 0.4) is 0 Å². The predicted molar refractivity (Wildman–Crippen MR) is 132 cm³/mol. The molecule has 1 aromatic rings. The van der Waals surface area contributed by atoms with E-state index in [9.17, 15) is 14.4 Å². The minimum Gasteiger partial charge on any atom is -0.462 e. The fourth-order valence-corrected chi connectivity index (χ4v) is 8.39. The summed E-state index contributed by atoms with van der Waals surface area (Å²) in [7, 11) is 0. The molecule has 5 heteroatoms. The third-order valence-corrected chi connectivity index (χ3v) is 10.1. The average molecular weight is 479 g/mol. The van der Waals surface area contributed by atoms with Crippen LogP contribution in [-0.2, 0) is 19.1 Å². The third kappa shape index (κ3) is 4.25. The summed E-state index contributed by atoms with van der Waals surface area (Å²) >= 11 is 0. The Kier molecular flexibility index (Phi) is 6.39. The Bertz CT molecular complexity index is 1030. The SMILES string of the molecule is CC(=O)OC1CC[C@@]2(C)C(=CC[C@H]3[C@@H]4CC[C@H](C(=O)COC(=O)c5ccccc5)[C@@]4(C)CC[C@@H]32)C1. The zero-order valence-corrected chi connectivity index (χ0v) is 21.3. The number of ketones is 1. The first-order valence-electron chi connectivity index (χ1n) is 13.3. The molecule has 0 spiro atoms. The highest BCUT2D eigenvalue weighted by atomic mass is 16.5. The van der Waals surface area contributed by atoms with Gasteiger partial charge in [0.25, 0.3) is 0 Å². The first-order valence-corrected chi connectivity index (χ1v) is 13.3. The standard InChI is InChI=1S/C30H38O5/c1-19(31)35-22-13-15-29(2)21(17-22)9-10-23-24-11-12-26(30(24,3)16-14-25(23)29)27(32)18-34-28(33)20-7-5-4-6-8-20/h4-9,22-26H,10-18H2,1-3H3/t22?,23-,24-,25-,26+,29-,30-/m0/s1. The molecule has 0 N–H and O–H groups in total. The van der Waals surface area contributed by atoms with Crippen LogP contribution in [0, 0.1) is 34.5 Å². The number of carbonyl (C=O) groups excluding carboxylic acids is 3. The van der Waals surface area contributed by atoms with Gasteiger partial charge in [-0.3, -0.25) is 9.59 Å². The lowest BCUT2D eigenvalue weighted by Crippen LogP contribution is -2.51. The summed E-state index contributed by atoms with van der Waals surface area (Å²) < 4.78 is 11.0. The lowest BCUT2D eigenvalue weighted by atomic mass is 9.47. The second-order valence-electron chi connectivity index (χ2n) is 11.8. The van der Waals surface area contributed by atoms with E-state index in [2.05, 4.69) is 19.9 Å². The number of hydrogen-bond acceptors (Lipinski definition) is 5. The van der Waals surface area contributed by atoms with Crippen molar-refractivity contribution in [3.05, 3.63) is 47.5 Å². The lowest BCUT2D eigenvalue weighted by molar-refractivity contribution is -0.149. The van der Waals surface area contributed by atoms with Gasteiger partial charge in [0.2, 0.25) is 0 Å². The van der Waals surface area contributed by atoms with Crippen molar-refractivity contribution >= 4 is 17.7 Å². The fourth-order valence-electron chi connectivity index (χ4n) is 8.39. The predicted octanol–water partition coefficient (Wildman–Crippen LogP) is 5.92. The first-order chi connectivity index (χ1) is 16.7. The van der Waals surface area contributed by atoms with Gasteiger partial charge in [0.15, 0.2) is 12.4 Å². The zero-order valence-electron chi connectivity index (χ0n) is 21.3. The molecule has 1 aromatic carbocycles. The van der Waals surface area contributed by atoms with E-state index < -0.39 is 5.97 Å². The second-order valence-corrected chi connectivity index (χ2v) is 11.8. The van der Waals surface area contributed by atoms with Crippen LogP contribution in [0.2, 0.25) is 0 Å². The van der Waals surface area contributed by atoms with Crippen molar-refractivity contribution in [3.63, 3.8) is 0 Å². The maximum Gasteiger partial charge on any atom is 0.338 e. The number of benzene rings is 1. The monoisotopic (exact) mass is 478 g/mol. The molecule has 7 atom stereocenters. The molecular weight excluding hydrogens is 440 g/mol. The van der Waals surface area contributed by atoms with Crippen LogP contribution in [0.1, 0.15) is 82.5 Å². The lowest BCUT2D eigenvalue weighted by Gasteiger charge is -2.58. The Morgan fingerprint density at radius 1 is 0.971 bits per heavy atom. The van der Waals surface area contributed by atoms with Gasteiger partial charge in [-0.2, -0.15) is 0 Å². The molecule has 5 rings (SSSR count). The van der Waals surface area contributed by atoms with Gasteiger partial charge in [-0.25, -0.2) is 4.79 Å². The van der Waals surface area contributed by atoms with Crippen LogP contribution in [0.5, 0.6) is 0 Å². The van der Waals surface area contributed by atoms with Gasteiger partial charge in [0, 0.05) is 19.3 Å². The van der Waals surface area contributed by atoms with Crippen LogP contribution in [0.25, 0.3) is 0 Å². The zero-order chi connectivity index (χ0) is 24.8. The van der Waals surface area contributed by atoms with Crippen LogP contribution in [0.4, 0.5) is 0 Å². The molecule has 4 aliphatic rings. The second kappa shape index (κ2) is 9.22. The van der Waals surface area contributed by atoms with Crippen LogP contribution >= 0.6 is 0 Å². The number of rotatable bonds is 5. The molecule has 0 heterocycles. The van der Waals surface area contributed by atoms with Crippen molar-refractivity contribution in [2.24, 2.45) is 34.5 Å². The quantitative estimate of drug-likeness (QED) is 0.388. The summed E-state index contributed by atoms with van der Waals surface area (Å²) in [5, 5.41) is 0. The average Bonchev–Trinajstić information content (AvgIpc) is 3.20. The summed E-state index contributed by atoms with van der Waals surface area (Å²) in [4.78, 5) is 37.1. The summed E-state index contributed by atoms with van der Waals surface area (Å²) in [6.07, 6.45) is 10.6. The maximum atomic E-state index is 13.3. The van der Waals surface area contributed by atoms with Gasteiger partial charge in [-0.1, -0.05) is 43.7 Å². The summed E-state index contributed by atoms with van der Waals surface area (Å²) in [6, 6.07) is 8.88. The molecular formula is C30H38O5. The molecule has 0 saturated heterocycles. The van der Waals surface area contributed by atoms with E-state index in [0.717, 1.165) is 51.4 Å². The number of fused-ring (bicyclic) bond motifs is 5. The molecule has 5 nitrogen and oxygen atoms in total. The van der Waals surface area contributed by atoms with E-state index in [1.165, 1.54) is 12.5 Å². The number of hydrogen-bond donors (Lipinski definition) is 0. The van der Waals surface area contributed by atoms with Crippen molar-refractivity contribution in [2.75, 3.05) is 6.61 Å². The van der Waals surface area contributed by atoms with Crippen LogP contribution in [0.15, 0.2) is 42.0 Å². The minimum absolute atomic E-state index is 0.0179. The third-order valence-electron chi connectivity index (χ3n) is 10.1. The van der Waals surface area contributed by atoms with Gasteiger partial charge in [0.1, 0.15) is 6.10 Å². The number of Topliss-reactive ketones (excluding diaryl/α,β-unsaturated/α-hetero) is 1. The van der Waals surface area contributed by atoms with E-state index in [-0.39, 0.29) is 41.2 Å². The van der Waals surface area contributed by atoms with E-state index in [1.807, 2.05) is 6.07 Å². The highest BCUT2D eigenvalue weighted by molar-refractivity contribution is 5.92. The van der Waals surface area contributed by atoms with Gasteiger partial charge in [-0.15, -0.1) is 0 Å². The molecule has 188 valence electrons.